The minimum absolute atomic E-state index is 0.159. The van der Waals surface area contributed by atoms with Crippen LogP contribution in [0.2, 0.25) is 0 Å². The topological polar surface area (TPSA) is 124 Å². The fourth-order valence-electron chi connectivity index (χ4n) is 3.49. The van der Waals surface area contributed by atoms with Gasteiger partial charge in [0.15, 0.2) is 10.6 Å². The summed E-state index contributed by atoms with van der Waals surface area (Å²) in [5, 5.41) is 26.5. The van der Waals surface area contributed by atoms with Crippen LogP contribution in [0.1, 0.15) is 22.8 Å². The minimum Gasteiger partial charge on any atom is -0.611 e. The van der Waals surface area contributed by atoms with Crippen LogP contribution in [0.25, 0.3) is 0 Å². The Morgan fingerprint density at radius 2 is 1.72 bits per heavy atom. The standard InChI is InChI=1S/C27H29N3O5S/c31-22-8-10-24(11-9-22)34-18-23(32)17-28-15-14-20-6-12-25(13-7-20)36(33)19-26-29-27(35-30-26)16-21-4-2-1-3-5-21/h1-13,23,28,31-32H,14-19H2/t23-,36?/m0/s1. The smallest absolute Gasteiger partial charge is 0.231 e. The molecule has 0 amide bonds. The predicted molar refractivity (Wildman–Crippen MR) is 136 cm³/mol. The van der Waals surface area contributed by atoms with Gasteiger partial charge in [0.2, 0.25) is 11.7 Å². The lowest BCUT2D eigenvalue weighted by atomic mass is 10.1. The number of aromatic hydroxyl groups is 1. The van der Waals surface area contributed by atoms with Gasteiger partial charge >= 0.3 is 0 Å². The van der Waals surface area contributed by atoms with Gasteiger partial charge in [0.05, 0.1) is 6.42 Å². The van der Waals surface area contributed by atoms with Gasteiger partial charge in [0.1, 0.15) is 24.2 Å². The lowest BCUT2D eigenvalue weighted by Gasteiger charge is -2.13. The minimum atomic E-state index is -1.27. The number of nitrogens with zero attached hydrogens (tertiary/aromatic N) is 2. The average Bonchev–Trinajstić information content (AvgIpc) is 3.33. The Morgan fingerprint density at radius 1 is 0.972 bits per heavy atom. The molecule has 4 aromatic rings. The van der Waals surface area contributed by atoms with Gasteiger partial charge in [0.25, 0.3) is 0 Å². The number of phenols is 1. The van der Waals surface area contributed by atoms with Gasteiger partial charge in [-0.15, -0.1) is 0 Å². The van der Waals surface area contributed by atoms with Crippen LogP contribution < -0.4 is 10.1 Å². The molecule has 4 rings (SSSR count). The van der Waals surface area contributed by atoms with Crippen LogP contribution in [0.4, 0.5) is 0 Å². The van der Waals surface area contributed by atoms with Crippen molar-refractivity contribution in [2.75, 3.05) is 19.7 Å². The zero-order chi connectivity index (χ0) is 25.2. The molecule has 0 spiro atoms. The molecule has 0 aliphatic carbocycles. The fourth-order valence-corrected chi connectivity index (χ4v) is 4.45. The van der Waals surface area contributed by atoms with E-state index in [1.165, 1.54) is 12.1 Å². The molecule has 1 heterocycles. The molecule has 0 bridgehead atoms. The molecule has 0 saturated carbocycles. The van der Waals surface area contributed by atoms with E-state index in [0.717, 1.165) is 17.5 Å². The van der Waals surface area contributed by atoms with Crippen LogP contribution in [-0.4, -0.2) is 50.7 Å². The van der Waals surface area contributed by atoms with Crippen molar-refractivity contribution in [3.8, 4) is 11.5 Å². The lowest BCUT2D eigenvalue weighted by Crippen LogP contribution is -2.32. The van der Waals surface area contributed by atoms with Crippen molar-refractivity contribution in [3.63, 3.8) is 0 Å². The molecule has 1 unspecified atom stereocenters. The van der Waals surface area contributed by atoms with Crippen LogP contribution >= 0.6 is 0 Å². The number of ether oxygens (including phenoxy) is 1. The average molecular weight is 508 g/mol. The van der Waals surface area contributed by atoms with Crippen LogP contribution in [0.15, 0.2) is 88.3 Å². The summed E-state index contributed by atoms with van der Waals surface area (Å²) in [6.07, 6.45) is 0.666. The Morgan fingerprint density at radius 3 is 2.47 bits per heavy atom. The summed E-state index contributed by atoms with van der Waals surface area (Å²) in [5.74, 6) is 1.90. The largest absolute Gasteiger partial charge is 0.611 e. The van der Waals surface area contributed by atoms with Crippen LogP contribution in [0.3, 0.4) is 0 Å². The molecule has 0 fully saturated rings. The van der Waals surface area contributed by atoms with Crippen molar-refractivity contribution in [1.82, 2.24) is 15.5 Å². The lowest BCUT2D eigenvalue weighted by molar-refractivity contribution is 0.106. The first-order chi connectivity index (χ1) is 17.5. The zero-order valence-corrected chi connectivity index (χ0v) is 20.6. The summed E-state index contributed by atoms with van der Waals surface area (Å²) in [4.78, 5) is 5.08. The van der Waals surface area contributed by atoms with Gasteiger partial charge in [-0.1, -0.05) is 47.6 Å². The van der Waals surface area contributed by atoms with Crippen LogP contribution in [0, 0.1) is 0 Å². The van der Waals surface area contributed by atoms with Crippen molar-refractivity contribution in [2.45, 2.75) is 29.6 Å². The first-order valence-corrected chi connectivity index (χ1v) is 13.0. The van der Waals surface area contributed by atoms with Gasteiger partial charge in [-0.3, -0.25) is 0 Å². The number of hydrogen-bond acceptors (Lipinski definition) is 8. The summed E-state index contributed by atoms with van der Waals surface area (Å²) in [7, 11) is 0. The van der Waals surface area contributed by atoms with Crippen molar-refractivity contribution in [3.05, 3.63) is 102 Å². The van der Waals surface area contributed by atoms with Gasteiger partial charge in [0, 0.05) is 6.54 Å². The maximum absolute atomic E-state index is 12.7. The number of rotatable bonds is 13. The molecule has 9 heteroatoms. The molecule has 2 atom stereocenters. The van der Waals surface area contributed by atoms with E-state index in [9.17, 15) is 14.8 Å². The third-order valence-corrected chi connectivity index (χ3v) is 6.72. The number of aliphatic hydroxyl groups excluding tert-OH is 1. The number of aliphatic hydroxyl groups is 1. The normalized spacial score (nSPS) is 12.8. The van der Waals surface area contributed by atoms with Crippen molar-refractivity contribution >= 4 is 11.2 Å². The van der Waals surface area contributed by atoms with Gasteiger partial charge in [-0.25, -0.2) is 0 Å². The number of nitrogens with one attached hydrogen (secondary N) is 1. The molecule has 188 valence electrons. The monoisotopic (exact) mass is 507 g/mol. The second-order valence-electron chi connectivity index (χ2n) is 8.31. The fraction of sp³-hybridized carbons (Fsp3) is 0.259. The molecular formula is C27H29N3O5S. The highest BCUT2D eigenvalue weighted by atomic mass is 32.2. The highest BCUT2D eigenvalue weighted by Crippen LogP contribution is 2.18. The van der Waals surface area contributed by atoms with Gasteiger partial charge < -0.3 is 29.3 Å². The molecule has 8 nitrogen and oxygen atoms in total. The van der Waals surface area contributed by atoms with E-state index < -0.39 is 17.3 Å². The molecule has 0 aliphatic rings. The SMILES string of the molecule is [O-][S+](Cc1noc(Cc2ccccc2)n1)c1ccc(CCNC[C@H](O)COc2ccc(O)cc2)cc1. The third-order valence-electron chi connectivity index (χ3n) is 5.40. The Bertz CT molecular complexity index is 1190. The van der Waals surface area contributed by atoms with Crippen molar-refractivity contribution in [2.24, 2.45) is 0 Å². The zero-order valence-electron chi connectivity index (χ0n) is 19.7. The van der Waals surface area contributed by atoms with E-state index in [4.69, 9.17) is 9.26 Å². The van der Waals surface area contributed by atoms with E-state index in [0.29, 0.717) is 41.9 Å². The number of phenolic OH excluding ortho intramolecular Hbond substituents is 1. The maximum atomic E-state index is 12.7. The number of aromatic nitrogens is 2. The summed E-state index contributed by atoms with van der Waals surface area (Å²) in [6, 6.07) is 23.9. The highest BCUT2D eigenvalue weighted by Gasteiger charge is 2.17. The molecule has 0 aliphatic heterocycles. The number of benzene rings is 3. The second-order valence-corrected chi connectivity index (χ2v) is 9.76. The van der Waals surface area contributed by atoms with E-state index in [2.05, 4.69) is 15.5 Å². The summed E-state index contributed by atoms with van der Waals surface area (Å²) in [5.41, 5.74) is 2.18. The van der Waals surface area contributed by atoms with E-state index in [1.807, 2.05) is 54.6 Å². The molecular weight excluding hydrogens is 478 g/mol. The molecule has 3 N–H and O–H groups in total. The van der Waals surface area contributed by atoms with Gasteiger partial charge in [-0.05, 0) is 71.7 Å². The Hall–Kier alpha value is -3.37. The molecule has 0 saturated heterocycles. The van der Waals surface area contributed by atoms with E-state index in [-0.39, 0.29) is 18.1 Å². The maximum Gasteiger partial charge on any atom is 0.231 e. The summed E-state index contributed by atoms with van der Waals surface area (Å²) in [6.45, 7) is 1.25. The molecule has 36 heavy (non-hydrogen) atoms. The van der Waals surface area contributed by atoms with Crippen molar-refractivity contribution in [1.29, 1.82) is 0 Å². The third kappa shape index (κ3) is 8.10. The second kappa shape index (κ2) is 13.1. The van der Waals surface area contributed by atoms with Crippen LogP contribution in [-0.2, 0) is 29.8 Å². The van der Waals surface area contributed by atoms with Crippen LogP contribution in [0.5, 0.6) is 11.5 Å². The Balaban J connectivity index is 1.15. The summed E-state index contributed by atoms with van der Waals surface area (Å²) >= 11 is -1.27. The first-order valence-electron chi connectivity index (χ1n) is 11.7. The molecule has 3 aromatic carbocycles. The van der Waals surface area contributed by atoms with E-state index in [1.54, 1.807) is 12.1 Å². The van der Waals surface area contributed by atoms with E-state index >= 15 is 0 Å². The van der Waals surface area contributed by atoms with Crippen molar-refractivity contribution < 1.29 is 24.0 Å². The predicted octanol–water partition coefficient (Wildman–Crippen LogP) is 3.25. The molecule has 0 radical (unpaired) electrons. The quantitative estimate of drug-likeness (QED) is 0.186. The highest BCUT2D eigenvalue weighted by molar-refractivity contribution is 7.90. The number of hydrogen-bond donors (Lipinski definition) is 3. The van der Waals surface area contributed by atoms with Gasteiger partial charge in [-0.2, -0.15) is 4.98 Å². The summed E-state index contributed by atoms with van der Waals surface area (Å²) < 4.78 is 23.5. The Kier molecular flexibility index (Phi) is 9.34. The first kappa shape index (κ1) is 25.7. The molecule has 1 aromatic heterocycles. The Labute approximate surface area is 213 Å².